The molecule has 0 radical (unpaired) electrons. The third-order valence-corrected chi connectivity index (χ3v) is 4.52. The van der Waals surface area contributed by atoms with E-state index in [-0.39, 0.29) is 24.8 Å². The number of nitrogens with one attached hydrogen (secondary N) is 3. The summed E-state index contributed by atoms with van der Waals surface area (Å²) in [5.74, 6) is 0.447. The number of anilines is 1. The lowest BCUT2D eigenvalue weighted by Gasteiger charge is -2.09. The maximum absolute atomic E-state index is 8.13. The van der Waals surface area contributed by atoms with Crippen molar-refractivity contribution in [2.24, 2.45) is 0 Å². The van der Waals surface area contributed by atoms with Gasteiger partial charge in [-0.05, 0) is 55.0 Å². The highest BCUT2D eigenvalue weighted by Gasteiger charge is 2.06. The fourth-order valence-electron chi connectivity index (χ4n) is 2.51. The largest absolute Gasteiger partial charge is 0.347 e. The third-order valence-electron chi connectivity index (χ3n) is 3.64. The molecule has 0 unspecified atom stereocenters. The number of amidine groups is 1. The van der Waals surface area contributed by atoms with Crippen LogP contribution in [0.4, 0.5) is 5.69 Å². The fraction of sp³-hybridized carbons (Fsp3) is 0.235. The Labute approximate surface area is 158 Å². The van der Waals surface area contributed by atoms with Gasteiger partial charge < -0.3 is 15.2 Å². The number of aryl methyl sites for hydroxylation is 1. The molecule has 0 aliphatic heterocycles. The van der Waals surface area contributed by atoms with Crippen molar-refractivity contribution in [2.75, 3.05) is 18.9 Å². The summed E-state index contributed by atoms with van der Waals surface area (Å²) >= 11 is 1.57. The molecule has 130 valence electrons. The molecule has 0 aliphatic rings. The minimum atomic E-state index is 0. The van der Waals surface area contributed by atoms with Gasteiger partial charge in [-0.2, -0.15) is 0 Å². The molecule has 4 nitrogen and oxygen atoms in total. The smallest absolute Gasteiger partial charge is 0.140 e. The van der Waals surface area contributed by atoms with Crippen LogP contribution in [0.2, 0.25) is 0 Å². The van der Waals surface area contributed by atoms with Crippen molar-refractivity contribution in [1.82, 2.24) is 9.88 Å². The number of aromatic nitrogens is 1. The topological polar surface area (TPSA) is 52.8 Å². The molecule has 3 rings (SSSR count). The van der Waals surface area contributed by atoms with E-state index in [1.807, 2.05) is 30.6 Å². The number of thiophene rings is 1. The van der Waals surface area contributed by atoms with Gasteiger partial charge in [-0.1, -0.05) is 12.1 Å². The normalized spacial score (nSPS) is 10.0. The number of fused-ring (bicyclic) bond motifs is 1. The van der Waals surface area contributed by atoms with Crippen molar-refractivity contribution in [3.8, 4) is 0 Å². The van der Waals surface area contributed by atoms with Crippen LogP contribution >= 0.6 is 36.2 Å². The van der Waals surface area contributed by atoms with Gasteiger partial charge in [0.15, 0.2) is 0 Å². The van der Waals surface area contributed by atoms with E-state index in [9.17, 15) is 0 Å². The molecule has 0 saturated carbocycles. The number of hydrogen-bond donors (Lipinski definition) is 3. The van der Waals surface area contributed by atoms with Crippen LogP contribution in [0.1, 0.15) is 11.3 Å². The molecule has 0 bridgehead atoms. The van der Waals surface area contributed by atoms with Crippen molar-refractivity contribution < 1.29 is 0 Å². The molecule has 3 aromatic rings. The second-order valence-electron chi connectivity index (χ2n) is 5.22. The van der Waals surface area contributed by atoms with Crippen LogP contribution < -0.4 is 10.6 Å². The van der Waals surface area contributed by atoms with Crippen molar-refractivity contribution in [2.45, 2.75) is 13.0 Å². The lowest BCUT2D eigenvalue weighted by Crippen LogP contribution is -2.11. The van der Waals surface area contributed by atoms with Gasteiger partial charge in [0, 0.05) is 18.4 Å². The first-order valence-electron chi connectivity index (χ1n) is 7.41. The van der Waals surface area contributed by atoms with Crippen LogP contribution in [0, 0.1) is 5.41 Å². The number of halogens is 2. The lowest BCUT2D eigenvalue weighted by molar-refractivity contribution is 0.627. The van der Waals surface area contributed by atoms with Gasteiger partial charge in [0.2, 0.25) is 0 Å². The highest BCUT2D eigenvalue weighted by molar-refractivity contribution is 7.12. The second kappa shape index (κ2) is 9.69. The Kier molecular flexibility index (Phi) is 8.28. The highest BCUT2D eigenvalue weighted by Crippen LogP contribution is 2.22. The van der Waals surface area contributed by atoms with Crippen molar-refractivity contribution in [1.29, 1.82) is 5.41 Å². The van der Waals surface area contributed by atoms with Crippen LogP contribution in [0.3, 0.4) is 0 Å². The second-order valence-corrected chi connectivity index (χ2v) is 6.16. The standard InChI is InChI=1S/C17H20N4S.2ClH/c1-19-8-3-9-21-10-7-13-5-6-14(12-15(13)21)20-17(18)16-4-2-11-22-16;;/h2,4-7,10-12,19H,3,8-9H2,1H3,(H2,18,20);2*1H. The molecule has 2 heterocycles. The first-order chi connectivity index (χ1) is 10.8. The Morgan fingerprint density at radius 2 is 2.04 bits per heavy atom. The van der Waals surface area contributed by atoms with E-state index < -0.39 is 0 Å². The molecule has 7 heteroatoms. The SMILES string of the molecule is CNCCCn1ccc2ccc(NC(=N)c3cccs3)cc21.Cl.Cl. The van der Waals surface area contributed by atoms with Crippen molar-refractivity contribution in [3.05, 3.63) is 52.9 Å². The zero-order valence-corrected chi connectivity index (χ0v) is 15.9. The zero-order valence-electron chi connectivity index (χ0n) is 13.4. The Morgan fingerprint density at radius 1 is 1.21 bits per heavy atom. The van der Waals surface area contributed by atoms with Gasteiger partial charge in [-0.15, -0.1) is 36.2 Å². The van der Waals surface area contributed by atoms with E-state index in [0.29, 0.717) is 5.84 Å². The van der Waals surface area contributed by atoms with Gasteiger partial charge in [0.25, 0.3) is 0 Å². The molecule has 0 fully saturated rings. The minimum Gasteiger partial charge on any atom is -0.347 e. The Balaban J connectivity index is 0.00000144. The number of benzene rings is 1. The Morgan fingerprint density at radius 3 is 2.75 bits per heavy atom. The number of nitrogens with zero attached hydrogens (tertiary/aromatic N) is 1. The summed E-state index contributed by atoms with van der Waals surface area (Å²) in [5, 5.41) is 17.7. The van der Waals surface area contributed by atoms with E-state index in [2.05, 4.69) is 39.6 Å². The molecule has 0 saturated heterocycles. The molecular weight excluding hydrogens is 363 g/mol. The van der Waals surface area contributed by atoms with E-state index in [1.54, 1.807) is 11.3 Å². The van der Waals surface area contributed by atoms with E-state index in [4.69, 9.17) is 5.41 Å². The lowest BCUT2D eigenvalue weighted by atomic mass is 10.2. The maximum Gasteiger partial charge on any atom is 0.140 e. The maximum atomic E-state index is 8.13. The first kappa shape index (κ1) is 20.5. The average Bonchev–Trinajstić information content (AvgIpc) is 3.17. The summed E-state index contributed by atoms with van der Waals surface area (Å²) in [7, 11) is 1.98. The van der Waals surface area contributed by atoms with E-state index in [1.165, 1.54) is 10.9 Å². The summed E-state index contributed by atoms with van der Waals surface area (Å²) in [5.41, 5.74) is 2.17. The molecule has 24 heavy (non-hydrogen) atoms. The van der Waals surface area contributed by atoms with Crippen molar-refractivity contribution in [3.63, 3.8) is 0 Å². The van der Waals surface area contributed by atoms with Crippen LogP contribution in [-0.2, 0) is 6.54 Å². The zero-order chi connectivity index (χ0) is 15.4. The number of hydrogen-bond acceptors (Lipinski definition) is 3. The monoisotopic (exact) mass is 384 g/mol. The highest BCUT2D eigenvalue weighted by atomic mass is 35.5. The van der Waals surface area contributed by atoms with Gasteiger partial charge in [0.05, 0.1) is 10.4 Å². The molecule has 0 spiro atoms. The summed E-state index contributed by atoms with van der Waals surface area (Å²) in [4.78, 5) is 0.949. The summed E-state index contributed by atoms with van der Waals surface area (Å²) in [6, 6.07) is 12.3. The van der Waals surface area contributed by atoms with Crippen LogP contribution in [-0.4, -0.2) is 24.0 Å². The van der Waals surface area contributed by atoms with E-state index in [0.717, 1.165) is 30.1 Å². The third kappa shape index (κ3) is 4.74. The van der Waals surface area contributed by atoms with Crippen LogP contribution in [0.5, 0.6) is 0 Å². The van der Waals surface area contributed by atoms with Gasteiger partial charge in [-0.3, -0.25) is 5.41 Å². The summed E-state index contributed by atoms with van der Waals surface area (Å²) < 4.78 is 2.27. The minimum absolute atomic E-state index is 0. The predicted molar refractivity (Wildman–Crippen MR) is 110 cm³/mol. The molecule has 1 aromatic carbocycles. The molecule has 3 N–H and O–H groups in total. The van der Waals surface area contributed by atoms with Gasteiger partial charge >= 0.3 is 0 Å². The Bertz CT molecular complexity index is 768. The average molecular weight is 385 g/mol. The van der Waals surface area contributed by atoms with Crippen LogP contribution in [0.15, 0.2) is 48.0 Å². The van der Waals surface area contributed by atoms with Crippen LogP contribution in [0.25, 0.3) is 10.9 Å². The number of rotatable bonds is 6. The predicted octanol–water partition coefficient (Wildman–Crippen LogP) is 4.59. The Hall–Kier alpha value is -1.53. The molecule has 0 amide bonds. The van der Waals surface area contributed by atoms with Gasteiger partial charge in [-0.25, -0.2) is 0 Å². The summed E-state index contributed by atoms with van der Waals surface area (Å²) in [6.45, 7) is 2.01. The van der Waals surface area contributed by atoms with E-state index >= 15 is 0 Å². The molecule has 2 aromatic heterocycles. The van der Waals surface area contributed by atoms with Gasteiger partial charge in [0.1, 0.15) is 5.84 Å². The van der Waals surface area contributed by atoms with Crippen molar-refractivity contribution >= 4 is 58.6 Å². The summed E-state index contributed by atoms with van der Waals surface area (Å²) in [6.07, 6.45) is 3.23. The first-order valence-corrected chi connectivity index (χ1v) is 8.29. The molecule has 0 atom stereocenters. The molecular formula is C17H22Cl2N4S. The molecule has 0 aliphatic carbocycles. The quantitative estimate of drug-likeness (QED) is 0.330. The fourth-order valence-corrected chi connectivity index (χ4v) is 3.14.